The molecule has 0 amide bonds. The standard InChI is InChI=1S/C16H24N2S/c1-4-8-15(17-16-18(3)11-12-19-16)14-10-7-5-6-9-13(14)2/h5,7,9-10,15H,4,6,8,11-12H2,1-3H3. The zero-order valence-corrected chi connectivity index (χ0v) is 13.0. The van der Waals surface area contributed by atoms with E-state index in [2.05, 4.69) is 50.1 Å². The van der Waals surface area contributed by atoms with Crippen molar-refractivity contribution < 1.29 is 0 Å². The second-order valence-corrected chi connectivity index (χ2v) is 6.22. The van der Waals surface area contributed by atoms with Gasteiger partial charge >= 0.3 is 0 Å². The first-order valence-corrected chi connectivity index (χ1v) is 8.16. The van der Waals surface area contributed by atoms with Crippen LogP contribution in [0.2, 0.25) is 0 Å². The minimum Gasteiger partial charge on any atom is -0.354 e. The van der Waals surface area contributed by atoms with E-state index in [9.17, 15) is 0 Å². The van der Waals surface area contributed by atoms with Crippen molar-refractivity contribution in [2.45, 2.75) is 39.2 Å². The first kappa shape index (κ1) is 14.4. The van der Waals surface area contributed by atoms with E-state index in [-0.39, 0.29) is 0 Å². The Bertz CT molecular complexity index is 432. The molecular weight excluding hydrogens is 252 g/mol. The summed E-state index contributed by atoms with van der Waals surface area (Å²) < 4.78 is 0. The van der Waals surface area contributed by atoms with Gasteiger partial charge in [-0.3, -0.25) is 4.99 Å². The third-order valence-corrected chi connectivity index (χ3v) is 4.66. The maximum Gasteiger partial charge on any atom is 0.159 e. The van der Waals surface area contributed by atoms with Crippen LogP contribution >= 0.6 is 11.8 Å². The Hall–Kier alpha value is -0.960. The summed E-state index contributed by atoms with van der Waals surface area (Å²) >= 11 is 1.89. The quantitative estimate of drug-likeness (QED) is 0.770. The topological polar surface area (TPSA) is 15.6 Å². The Kier molecular flexibility index (Phi) is 5.32. The lowest BCUT2D eigenvalue weighted by molar-refractivity contribution is 0.553. The highest BCUT2D eigenvalue weighted by Crippen LogP contribution is 2.26. The second kappa shape index (κ2) is 6.99. The fourth-order valence-electron chi connectivity index (χ4n) is 2.43. The molecule has 19 heavy (non-hydrogen) atoms. The van der Waals surface area contributed by atoms with Crippen molar-refractivity contribution in [3.8, 4) is 0 Å². The lowest BCUT2D eigenvalue weighted by Gasteiger charge is -2.19. The van der Waals surface area contributed by atoms with Crippen LogP contribution in [0.25, 0.3) is 0 Å². The molecular formula is C16H24N2S. The lowest BCUT2D eigenvalue weighted by Crippen LogP contribution is -2.21. The SMILES string of the molecule is CCCC(N=C1SCCN1C)C1=CC=CCC=C1C. The summed E-state index contributed by atoms with van der Waals surface area (Å²) in [6, 6.07) is 0.312. The Morgan fingerprint density at radius 2 is 2.32 bits per heavy atom. The summed E-state index contributed by atoms with van der Waals surface area (Å²) in [4.78, 5) is 7.30. The molecule has 0 aromatic heterocycles. The van der Waals surface area contributed by atoms with Crippen LogP contribution in [0, 0.1) is 0 Å². The molecule has 1 fully saturated rings. The molecule has 0 N–H and O–H groups in total. The van der Waals surface area contributed by atoms with Gasteiger partial charge < -0.3 is 4.90 Å². The molecule has 0 aromatic carbocycles. The minimum atomic E-state index is 0.312. The smallest absolute Gasteiger partial charge is 0.159 e. The molecule has 0 radical (unpaired) electrons. The average molecular weight is 276 g/mol. The molecule has 1 atom stereocenters. The normalized spacial score (nSPS) is 23.3. The molecule has 0 aromatic rings. The highest BCUT2D eigenvalue weighted by molar-refractivity contribution is 8.14. The Morgan fingerprint density at radius 3 is 3.00 bits per heavy atom. The van der Waals surface area contributed by atoms with Gasteiger partial charge in [0.25, 0.3) is 0 Å². The predicted molar refractivity (Wildman–Crippen MR) is 86.8 cm³/mol. The van der Waals surface area contributed by atoms with Gasteiger partial charge in [-0.25, -0.2) is 0 Å². The first-order chi connectivity index (χ1) is 9.22. The van der Waals surface area contributed by atoms with Gasteiger partial charge in [0.15, 0.2) is 5.17 Å². The monoisotopic (exact) mass is 276 g/mol. The van der Waals surface area contributed by atoms with E-state index in [1.54, 1.807) is 0 Å². The molecule has 104 valence electrons. The van der Waals surface area contributed by atoms with E-state index < -0.39 is 0 Å². The van der Waals surface area contributed by atoms with Gasteiger partial charge in [-0.2, -0.15) is 0 Å². The summed E-state index contributed by atoms with van der Waals surface area (Å²) in [5.74, 6) is 1.17. The minimum absolute atomic E-state index is 0.312. The van der Waals surface area contributed by atoms with Crippen molar-refractivity contribution in [2.24, 2.45) is 4.99 Å². The first-order valence-electron chi connectivity index (χ1n) is 7.18. The molecule has 1 heterocycles. The van der Waals surface area contributed by atoms with Gasteiger partial charge in [0, 0.05) is 19.3 Å². The van der Waals surface area contributed by atoms with Crippen LogP contribution in [0.1, 0.15) is 33.1 Å². The molecule has 2 nitrogen and oxygen atoms in total. The predicted octanol–water partition coefficient (Wildman–Crippen LogP) is 4.02. The zero-order chi connectivity index (χ0) is 13.7. The van der Waals surface area contributed by atoms with Crippen molar-refractivity contribution in [1.82, 2.24) is 4.90 Å². The molecule has 3 heteroatoms. The van der Waals surface area contributed by atoms with Crippen molar-refractivity contribution in [1.29, 1.82) is 0 Å². The third-order valence-electron chi connectivity index (χ3n) is 3.60. The van der Waals surface area contributed by atoms with Crippen LogP contribution in [-0.2, 0) is 0 Å². The Labute approximate surface area is 121 Å². The summed E-state index contributed by atoms with van der Waals surface area (Å²) in [5.41, 5.74) is 2.78. The lowest BCUT2D eigenvalue weighted by atomic mass is 9.96. The van der Waals surface area contributed by atoms with Crippen molar-refractivity contribution >= 4 is 16.9 Å². The van der Waals surface area contributed by atoms with Gasteiger partial charge in [0.1, 0.15) is 0 Å². The molecule has 0 spiro atoms. The maximum absolute atomic E-state index is 5.02. The molecule has 0 bridgehead atoms. The summed E-state index contributed by atoms with van der Waals surface area (Å²) in [6.45, 7) is 5.58. The molecule has 2 rings (SSSR count). The maximum atomic E-state index is 5.02. The molecule has 1 aliphatic carbocycles. The van der Waals surface area contributed by atoms with Crippen LogP contribution in [0.3, 0.4) is 0 Å². The Morgan fingerprint density at radius 1 is 1.47 bits per heavy atom. The van der Waals surface area contributed by atoms with Crippen molar-refractivity contribution in [2.75, 3.05) is 19.3 Å². The average Bonchev–Trinajstić information content (AvgIpc) is 2.66. The number of nitrogens with zero attached hydrogens (tertiary/aromatic N) is 2. The number of aliphatic imine (C=N–C) groups is 1. The zero-order valence-electron chi connectivity index (χ0n) is 12.2. The van der Waals surface area contributed by atoms with Gasteiger partial charge in [-0.05, 0) is 30.9 Å². The second-order valence-electron chi connectivity index (χ2n) is 5.16. The van der Waals surface area contributed by atoms with Crippen LogP contribution in [0.5, 0.6) is 0 Å². The Balaban J connectivity index is 2.24. The molecule has 1 saturated heterocycles. The molecule has 2 aliphatic rings. The number of thioether (sulfide) groups is 1. The number of amidine groups is 1. The fraction of sp³-hybridized carbons (Fsp3) is 0.562. The largest absolute Gasteiger partial charge is 0.354 e. The highest BCUT2D eigenvalue weighted by Gasteiger charge is 2.20. The molecule has 0 saturated carbocycles. The van der Waals surface area contributed by atoms with Crippen LogP contribution in [0.15, 0.2) is 40.4 Å². The molecule has 1 unspecified atom stereocenters. The summed E-state index contributed by atoms with van der Waals surface area (Å²) in [6.07, 6.45) is 12.3. The highest BCUT2D eigenvalue weighted by atomic mass is 32.2. The van der Waals surface area contributed by atoms with Gasteiger partial charge in [-0.1, -0.05) is 49.4 Å². The third kappa shape index (κ3) is 3.75. The van der Waals surface area contributed by atoms with E-state index in [1.165, 1.54) is 28.5 Å². The number of allylic oxidation sites excluding steroid dienone is 4. The number of hydrogen-bond donors (Lipinski definition) is 0. The van der Waals surface area contributed by atoms with Gasteiger partial charge in [0.05, 0.1) is 6.04 Å². The van der Waals surface area contributed by atoms with E-state index >= 15 is 0 Å². The van der Waals surface area contributed by atoms with Gasteiger partial charge in [-0.15, -0.1) is 0 Å². The van der Waals surface area contributed by atoms with Crippen molar-refractivity contribution in [3.05, 3.63) is 35.5 Å². The molecule has 1 aliphatic heterocycles. The van der Waals surface area contributed by atoms with E-state index in [4.69, 9.17) is 4.99 Å². The van der Waals surface area contributed by atoms with E-state index in [0.29, 0.717) is 6.04 Å². The fourth-order valence-corrected chi connectivity index (χ4v) is 3.49. The van der Waals surface area contributed by atoms with Crippen LogP contribution < -0.4 is 0 Å². The number of hydrogen-bond acceptors (Lipinski definition) is 2. The van der Waals surface area contributed by atoms with Crippen LogP contribution in [-0.4, -0.2) is 35.5 Å². The van der Waals surface area contributed by atoms with E-state index in [0.717, 1.165) is 19.4 Å². The van der Waals surface area contributed by atoms with Crippen molar-refractivity contribution in [3.63, 3.8) is 0 Å². The summed E-state index contributed by atoms with van der Waals surface area (Å²) in [5, 5.41) is 1.21. The number of rotatable bonds is 4. The van der Waals surface area contributed by atoms with E-state index in [1.807, 2.05) is 11.8 Å². The summed E-state index contributed by atoms with van der Waals surface area (Å²) in [7, 11) is 2.14. The van der Waals surface area contributed by atoms with Crippen LogP contribution in [0.4, 0.5) is 0 Å². The van der Waals surface area contributed by atoms with Gasteiger partial charge in [0.2, 0.25) is 0 Å².